The Morgan fingerprint density at radius 1 is 1.39 bits per heavy atom. The van der Waals surface area contributed by atoms with Crippen LogP contribution in [0.5, 0.6) is 0 Å². The Labute approximate surface area is 112 Å². The number of alkyl halides is 2. The number of benzene rings is 1. The van der Waals surface area contributed by atoms with E-state index in [1.807, 2.05) is 0 Å². The van der Waals surface area contributed by atoms with E-state index in [1.54, 1.807) is 6.07 Å². The minimum absolute atomic E-state index is 0.165. The lowest BCUT2D eigenvalue weighted by Gasteiger charge is -2.18. The standard InChI is InChI=1S/C13H14BrF3O/c14-10-3-8(4-11(15)6-10)5-12(18)9-1-2-13(16,17)7-9/h3-4,6,9,12,18H,1-2,5,7H2. The monoisotopic (exact) mass is 322 g/mol. The molecule has 1 aromatic rings. The second-order valence-corrected chi connectivity index (χ2v) is 5.82. The Morgan fingerprint density at radius 3 is 2.67 bits per heavy atom. The van der Waals surface area contributed by atoms with Crippen LogP contribution < -0.4 is 0 Å². The zero-order valence-corrected chi connectivity index (χ0v) is 11.3. The molecule has 5 heteroatoms. The molecule has 1 N–H and O–H groups in total. The van der Waals surface area contributed by atoms with Gasteiger partial charge in [0.1, 0.15) is 5.82 Å². The van der Waals surface area contributed by atoms with Crippen molar-refractivity contribution in [3.63, 3.8) is 0 Å². The molecule has 2 atom stereocenters. The van der Waals surface area contributed by atoms with E-state index in [0.717, 1.165) is 0 Å². The van der Waals surface area contributed by atoms with Crippen molar-refractivity contribution in [2.45, 2.75) is 37.7 Å². The van der Waals surface area contributed by atoms with Gasteiger partial charge in [-0.3, -0.25) is 0 Å². The molecular formula is C13H14BrF3O. The van der Waals surface area contributed by atoms with E-state index in [9.17, 15) is 18.3 Å². The lowest BCUT2D eigenvalue weighted by atomic mass is 9.95. The third kappa shape index (κ3) is 3.48. The Hall–Kier alpha value is -0.550. The fourth-order valence-corrected chi connectivity index (χ4v) is 2.96. The topological polar surface area (TPSA) is 20.2 Å². The molecule has 1 aliphatic rings. The maximum Gasteiger partial charge on any atom is 0.248 e. The lowest BCUT2D eigenvalue weighted by Crippen LogP contribution is -2.22. The van der Waals surface area contributed by atoms with E-state index >= 15 is 0 Å². The third-order valence-electron chi connectivity index (χ3n) is 3.35. The van der Waals surface area contributed by atoms with Gasteiger partial charge in [0.25, 0.3) is 0 Å². The van der Waals surface area contributed by atoms with E-state index in [4.69, 9.17) is 0 Å². The van der Waals surface area contributed by atoms with Crippen LogP contribution in [-0.4, -0.2) is 17.1 Å². The number of halogens is 4. The number of hydrogen-bond acceptors (Lipinski definition) is 1. The van der Waals surface area contributed by atoms with Crippen molar-refractivity contribution in [2.24, 2.45) is 5.92 Å². The summed E-state index contributed by atoms with van der Waals surface area (Å²) < 4.78 is 39.8. The SMILES string of the molecule is OC(Cc1cc(F)cc(Br)c1)C1CCC(F)(F)C1. The van der Waals surface area contributed by atoms with Gasteiger partial charge in [-0.15, -0.1) is 0 Å². The molecule has 1 fully saturated rings. The highest BCUT2D eigenvalue weighted by Crippen LogP contribution is 2.40. The second kappa shape index (κ2) is 5.21. The van der Waals surface area contributed by atoms with E-state index in [-0.39, 0.29) is 19.3 Å². The fraction of sp³-hybridized carbons (Fsp3) is 0.538. The molecule has 0 radical (unpaired) electrons. The van der Waals surface area contributed by atoms with E-state index in [0.29, 0.717) is 16.5 Å². The third-order valence-corrected chi connectivity index (χ3v) is 3.81. The molecular weight excluding hydrogens is 309 g/mol. The molecule has 0 saturated heterocycles. The Balaban J connectivity index is 2.01. The molecule has 0 amide bonds. The molecule has 1 aliphatic carbocycles. The summed E-state index contributed by atoms with van der Waals surface area (Å²) in [5.41, 5.74) is 0.615. The van der Waals surface area contributed by atoms with Gasteiger partial charge >= 0.3 is 0 Å². The highest BCUT2D eigenvalue weighted by Gasteiger charge is 2.42. The van der Waals surface area contributed by atoms with Crippen LogP contribution in [0.1, 0.15) is 24.8 Å². The van der Waals surface area contributed by atoms with E-state index in [1.165, 1.54) is 12.1 Å². The molecule has 1 nitrogen and oxygen atoms in total. The molecule has 0 spiro atoms. The smallest absolute Gasteiger partial charge is 0.248 e. The maximum absolute atomic E-state index is 13.1. The van der Waals surface area contributed by atoms with Crippen molar-refractivity contribution in [3.8, 4) is 0 Å². The van der Waals surface area contributed by atoms with Crippen molar-refractivity contribution in [1.82, 2.24) is 0 Å². The van der Waals surface area contributed by atoms with Crippen LogP contribution >= 0.6 is 15.9 Å². The minimum atomic E-state index is -2.66. The largest absolute Gasteiger partial charge is 0.392 e. The molecule has 0 aliphatic heterocycles. The summed E-state index contributed by atoms with van der Waals surface area (Å²) in [6.45, 7) is 0. The average Bonchev–Trinajstić information content (AvgIpc) is 2.57. The maximum atomic E-state index is 13.1. The van der Waals surface area contributed by atoms with Crippen molar-refractivity contribution in [2.75, 3.05) is 0 Å². The summed E-state index contributed by atoms with van der Waals surface area (Å²) >= 11 is 3.16. The van der Waals surface area contributed by atoms with E-state index in [2.05, 4.69) is 15.9 Å². The van der Waals surface area contributed by atoms with Crippen LogP contribution in [0.2, 0.25) is 0 Å². The highest BCUT2D eigenvalue weighted by atomic mass is 79.9. The second-order valence-electron chi connectivity index (χ2n) is 4.91. The summed E-state index contributed by atoms with van der Waals surface area (Å²) in [6, 6.07) is 4.33. The van der Waals surface area contributed by atoms with Crippen LogP contribution in [-0.2, 0) is 6.42 Å². The predicted octanol–water partition coefficient (Wildman–Crippen LogP) is 3.93. The van der Waals surface area contributed by atoms with Crippen LogP contribution in [0.25, 0.3) is 0 Å². The Kier molecular flexibility index (Phi) is 4.02. The van der Waals surface area contributed by atoms with Gasteiger partial charge in [-0.25, -0.2) is 13.2 Å². The van der Waals surface area contributed by atoms with Crippen LogP contribution in [0.4, 0.5) is 13.2 Å². The van der Waals surface area contributed by atoms with Crippen LogP contribution in [0.15, 0.2) is 22.7 Å². The quantitative estimate of drug-likeness (QED) is 0.894. The first kappa shape index (κ1) is 13.9. The number of rotatable bonds is 3. The molecule has 100 valence electrons. The molecule has 0 aromatic heterocycles. The summed E-state index contributed by atoms with van der Waals surface area (Å²) in [5, 5.41) is 9.95. The average molecular weight is 323 g/mol. The van der Waals surface area contributed by atoms with Gasteiger partial charge in [-0.1, -0.05) is 15.9 Å². The van der Waals surface area contributed by atoms with Gasteiger partial charge < -0.3 is 5.11 Å². The van der Waals surface area contributed by atoms with Crippen molar-refractivity contribution in [3.05, 3.63) is 34.1 Å². The fourth-order valence-electron chi connectivity index (χ4n) is 2.45. The Bertz CT molecular complexity index is 416. The first-order chi connectivity index (χ1) is 8.35. The van der Waals surface area contributed by atoms with Gasteiger partial charge in [-0.05, 0) is 42.5 Å². The highest BCUT2D eigenvalue weighted by molar-refractivity contribution is 9.10. The zero-order chi connectivity index (χ0) is 13.3. The number of aliphatic hydroxyl groups excluding tert-OH is 1. The molecule has 1 aromatic carbocycles. The minimum Gasteiger partial charge on any atom is -0.392 e. The molecule has 2 unspecified atom stereocenters. The lowest BCUT2D eigenvalue weighted by molar-refractivity contribution is -0.00480. The van der Waals surface area contributed by atoms with Gasteiger partial charge in [0.2, 0.25) is 5.92 Å². The molecule has 0 bridgehead atoms. The number of hydrogen-bond donors (Lipinski definition) is 1. The normalized spacial score (nSPS) is 24.2. The summed E-state index contributed by atoms with van der Waals surface area (Å²) in [4.78, 5) is 0. The molecule has 18 heavy (non-hydrogen) atoms. The van der Waals surface area contributed by atoms with Gasteiger partial charge in [0, 0.05) is 17.3 Å². The first-order valence-electron chi connectivity index (χ1n) is 5.86. The zero-order valence-electron chi connectivity index (χ0n) is 9.67. The Morgan fingerprint density at radius 2 is 2.11 bits per heavy atom. The number of aliphatic hydroxyl groups is 1. The summed E-state index contributed by atoms with van der Waals surface area (Å²) in [6.07, 6.45) is -0.749. The van der Waals surface area contributed by atoms with Gasteiger partial charge in [-0.2, -0.15) is 0 Å². The van der Waals surface area contributed by atoms with Crippen LogP contribution in [0.3, 0.4) is 0 Å². The summed E-state index contributed by atoms with van der Waals surface area (Å²) in [5.74, 6) is -3.46. The molecule has 2 rings (SSSR count). The summed E-state index contributed by atoms with van der Waals surface area (Å²) in [7, 11) is 0. The van der Waals surface area contributed by atoms with E-state index < -0.39 is 23.8 Å². The van der Waals surface area contributed by atoms with Crippen molar-refractivity contribution >= 4 is 15.9 Å². The predicted molar refractivity (Wildman–Crippen MR) is 66.1 cm³/mol. The van der Waals surface area contributed by atoms with Crippen molar-refractivity contribution < 1.29 is 18.3 Å². The molecule has 0 heterocycles. The van der Waals surface area contributed by atoms with Crippen molar-refractivity contribution in [1.29, 1.82) is 0 Å². The van der Waals surface area contributed by atoms with Crippen LogP contribution in [0, 0.1) is 11.7 Å². The van der Waals surface area contributed by atoms with Gasteiger partial charge in [0.05, 0.1) is 6.10 Å². The first-order valence-corrected chi connectivity index (χ1v) is 6.66. The molecule has 1 saturated carbocycles. The van der Waals surface area contributed by atoms with Gasteiger partial charge in [0.15, 0.2) is 0 Å².